The molecule has 1 N–H and O–H groups in total. The number of fused-ring (bicyclic) bond motifs is 1. The number of hydrogen-bond acceptors (Lipinski definition) is 4. The first-order valence-electron chi connectivity index (χ1n) is 6.13. The van der Waals surface area contributed by atoms with Crippen molar-refractivity contribution in [1.29, 1.82) is 5.26 Å². The summed E-state index contributed by atoms with van der Waals surface area (Å²) >= 11 is 0. The summed E-state index contributed by atoms with van der Waals surface area (Å²) in [6.45, 7) is 4.01. The number of benzene rings is 1. The Bertz CT molecular complexity index is 609. The Morgan fingerprint density at radius 1 is 1.28 bits per heavy atom. The fourth-order valence-corrected chi connectivity index (χ4v) is 2.37. The molecule has 4 heteroatoms. The summed E-state index contributed by atoms with van der Waals surface area (Å²) in [5.41, 5.74) is 2.76. The van der Waals surface area contributed by atoms with Crippen LogP contribution in [0.2, 0.25) is 0 Å². The minimum Gasteiger partial charge on any atom is -0.367 e. The van der Waals surface area contributed by atoms with E-state index in [0.29, 0.717) is 5.56 Å². The van der Waals surface area contributed by atoms with Crippen LogP contribution >= 0.6 is 0 Å². The highest BCUT2D eigenvalue weighted by Gasteiger charge is 2.13. The quantitative estimate of drug-likeness (QED) is 0.818. The Hall–Kier alpha value is -2.12. The second kappa shape index (κ2) is 4.63. The Kier molecular flexibility index (Phi) is 2.83. The predicted octanol–water partition coefficient (Wildman–Crippen LogP) is 1.52. The SMILES string of the molecule is N#Cc1cnc2c(N3CCNCC3)cccc2c1. The van der Waals surface area contributed by atoms with Crippen LogP contribution in [0.3, 0.4) is 0 Å². The van der Waals surface area contributed by atoms with E-state index in [4.69, 9.17) is 5.26 Å². The van der Waals surface area contributed by atoms with Gasteiger partial charge in [0.25, 0.3) is 0 Å². The highest BCUT2D eigenvalue weighted by Crippen LogP contribution is 2.25. The van der Waals surface area contributed by atoms with Crippen molar-refractivity contribution < 1.29 is 0 Å². The van der Waals surface area contributed by atoms with Gasteiger partial charge in [-0.1, -0.05) is 12.1 Å². The molecule has 0 spiro atoms. The molecule has 3 rings (SSSR count). The summed E-state index contributed by atoms with van der Waals surface area (Å²) in [7, 11) is 0. The van der Waals surface area contributed by atoms with E-state index in [0.717, 1.165) is 37.1 Å². The smallest absolute Gasteiger partial charge is 0.101 e. The Labute approximate surface area is 106 Å². The number of nitrogens with one attached hydrogen (secondary N) is 1. The van der Waals surface area contributed by atoms with E-state index in [-0.39, 0.29) is 0 Å². The fraction of sp³-hybridized carbons (Fsp3) is 0.286. The molecule has 1 fully saturated rings. The van der Waals surface area contributed by atoms with Gasteiger partial charge in [0, 0.05) is 37.8 Å². The monoisotopic (exact) mass is 238 g/mol. The molecule has 0 unspecified atom stereocenters. The molecule has 90 valence electrons. The molecule has 4 nitrogen and oxygen atoms in total. The van der Waals surface area contributed by atoms with Gasteiger partial charge in [-0.05, 0) is 12.1 Å². The number of nitrogens with zero attached hydrogens (tertiary/aromatic N) is 3. The molecule has 18 heavy (non-hydrogen) atoms. The highest BCUT2D eigenvalue weighted by molar-refractivity contribution is 5.91. The lowest BCUT2D eigenvalue weighted by atomic mass is 10.1. The van der Waals surface area contributed by atoms with Gasteiger partial charge in [0.05, 0.1) is 16.8 Å². The molecule has 0 amide bonds. The lowest BCUT2D eigenvalue weighted by Crippen LogP contribution is -2.43. The molecule has 1 aromatic carbocycles. The van der Waals surface area contributed by atoms with Gasteiger partial charge in [0.15, 0.2) is 0 Å². The summed E-state index contributed by atoms with van der Waals surface area (Å²) in [5.74, 6) is 0. The number of hydrogen-bond donors (Lipinski definition) is 1. The first-order valence-corrected chi connectivity index (χ1v) is 6.13. The average Bonchev–Trinajstić information content (AvgIpc) is 2.47. The van der Waals surface area contributed by atoms with Crippen molar-refractivity contribution in [3.63, 3.8) is 0 Å². The molecular formula is C14H14N4. The summed E-state index contributed by atoms with van der Waals surface area (Å²) < 4.78 is 0. The third-order valence-corrected chi connectivity index (χ3v) is 3.28. The van der Waals surface area contributed by atoms with E-state index in [2.05, 4.69) is 27.3 Å². The van der Waals surface area contributed by atoms with Crippen LogP contribution in [0.4, 0.5) is 5.69 Å². The molecular weight excluding hydrogens is 224 g/mol. The van der Waals surface area contributed by atoms with Crippen LogP contribution < -0.4 is 10.2 Å². The van der Waals surface area contributed by atoms with Crippen LogP contribution in [0.15, 0.2) is 30.5 Å². The minimum atomic E-state index is 0.611. The van der Waals surface area contributed by atoms with Crippen molar-refractivity contribution in [2.45, 2.75) is 0 Å². The van der Waals surface area contributed by atoms with E-state index < -0.39 is 0 Å². The van der Waals surface area contributed by atoms with Crippen LogP contribution in [0.25, 0.3) is 10.9 Å². The van der Waals surface area contributed by atoms with Crippen LogP contribution in [0.5, 0.6) is 0 Å². The summed E-state index contributed by atoms with van der Waals surface area (Å²) in [5, 5.41) is 13.3. The van der Waals surface area contributed by atoms with E-state index >= 15 is 0 Å². The minimum absolute atomic E-state index is 0.611. The number of nitriles is 1. The number of piperazine rings is 1. The molecule has 0 atom stereocenters. The lowest BCUT2D eigenvalue weighted by molar-refractivity contribution is 0.590. The number of anilines is 1. The van der Waals surface area contributed by atoms with Gasteiger partial charge >= 0.3 is 0 Å². The van der Waals surface area contributed by atoms with Crippen molar-refractivity contribution in [3.05, 3.63) is 36.0 Å². The van der Waals surface area contributed by atoms with Gasteiger partial charge in [-0.3, -0.25) is 4.98 Å². The molecule has 0 aliphatic carbocycles. The highest BCUT2D eigenvalue weighted by atomic mass is 15.2. The Morgan fingerprint density at radius 3 is 2.89 bits per heavy atom. The van der Waals surface area contributed by atoms with Crippen molar-refractivity contribution in [2.75, 3.05) is 31.1 Å². The summed E-state index contributed by atoms with van der Waals surface area (Å²) in [4.78, 5) is 6.79. The molecule has 2 heterocycles. The van der Waals surface area contributed by atoms with Crippen LogP contribution in [0, 0.1) is 11.3 Å². The molecule has 0 saturated carbocycles. The van der Waals surface area contributed by atoms with Crippen molar-refractivity contribution in [3.8, 4) is 6.07 Å². The molecule has 1 saturated heterocycles. The molecule has 0 bridgehead atoms. The average molecular weight is 238 g/mol. The van der Waals surface area contributed by atoms with Gasteiger partial charge in [-0.15, -0.1) is 0 Å². The number of aromatic nitrogens is 1. The topological polar surface area (TPSA) is 52.0 Å². The van der Waals surface area contributed by atoms with Crippen molar-refractivity contribution in [2.24, 2.45) is 0 Å². The molecule has 2 aromatic rings. The number of rotatable bonds is 1. The van der Waals surface area contributed by atoms with Gasteiger partial charge < -0.3 is 10.2 Å². The third kappa shape index (κ3) is 1.89. The van der Waals surface area contributed by atoms with Gasteiger partial charge in [0.1, 0.15) is 6.07 Å². The number of pyridine rings is 1. The summed E-state index contributed by atoms with van der Waals surface area (Å²) in [6.07, 6.45) is 1.65. The van der Waals surface area contributed by atoms with Crippen LogP contribution in [0.1, 0.15) is 5.56 Å². The zero-order chi connectivity index (χ0) is 12.4. The largest absolute Gasteiger partial charge is 0.367 e. The Morgan fingerprint density at radius 2 is 2.11 bits per heavy atom. The maximum absolute atomic E-state index is 8.91. The molecule has 1 aliphatic rings. The zero-order valence-electron chi connectivity index (χ0n) is 10.1. The Balaban J connectivity index is 2.09. The first-order chi connectivity index (χ1) is 8.88. The molecule has 0 radical (unpaired) electrons. The van der Waals surface area contributed by atoms with Crippen LogP contribution in [-0.4, -0.2) is 31.2 Å². The second-order valence-electron chi connectivity index (χ2n) is 4.42. The van der Waals surface area contributed by atoms with E-state index in [1.807, 2.05) is 18.2 Å². The van der Waals surface area contributed by atoms with E-state index in [1.54, 1.807) is 6.20 Å². The van der Waals surface area contributed by atoms with Gasteiger partial charge in [-0.25, -0.2) is 0 Å². The maximum Gasteiger partial charge on any atom is 0.101 e. The second-order valence-corrected chi connectivity index (χ2v) is 4.42. The van der Waals surface area contributed by atoms with E-state index in [1.165, 1.54) is 5.69 Å². The van der Waals surface area contributed by atoms with Gasteiger partial charge in [0.2, 0.25) is 0 Å². The zero-order valence-corrected chi connectivity index (χ0v) is 10.1. The van der Waals surface area contributed by atoms with Crippen molar-refractivity contribution in [1.82, 2.24) is 10.3 Å². The third-order valence-electron chi connectivity index (χ3n) is 3.28. The predicted molar refractivity (Wildman–Crippen MR) is 71.5 cm³/mol. The van der Waals surface area contributed by atoms with Crippen LogP contribution in [-0.2, 0) is 0 Å². The number of para-hydroxylation sites is 1. The first kappa shape index (κ1) is 11.0. The summed E-state index contributed by atoms with van der Waals surface area (Å²) in [6, 6.07) is 10.2. The molecule has 1 aliphatic heterocycles. The standard InChI is InChI=1S/C14H14N4/c15-9-11-8-12-2-1-3-13(14(12)17-10-11)18-6-4-16-5-7-18/h1-3,8,10,16H,4-7H2. The maximum atomic E-state index is 8.91. The fourth-order valence-electron chi connectivity index (χ4n) is 2.37. The van der Waals surface area contributed by atoms with Crippen molar-refractivity contribution >= 4 is 16.6 Å². The normalized spacial score (nSPS) is 15.6. The molecule has 1 aromatic heterocycles. The van der Waals surface area contributed by atoms with E-state index in [9.17, 15) is 0 Å². The van der Waals surface area contributed by atoms with Gasteiger partial charge in [-0.2, -0.15) is 5.26 Å². The lowest BCUT2D eigenvalue weighted by Gasteiger charge is -2.30.